The Bertz CT molecular complexity index is 702. The van der Waals surface area contributed by atoms with E-state index in [0.717, 1.165) is 16.8 Å². The molecule has 0 unspecified atom stereocenters. The summed E-state index contributed by atoms with van der Waals surface area (Å²) in [5.74, 6) is -1.91. The van der Waals surface area contributed by atoms with E-state index in [1.807, 2.05) is 0 Å². The van der Waals surface area contributed by atoms with Crippen LogP contribution >= 0.6 is 15.9 Å². The third-order valence-corrected chi connectivity index (χ3v) is 3.38. The predicted octanol–water partition coefficient (Wildman–Crippen LogP) is 3.27. The Morgan fingerprint density at radius 1 is 1.33 bits per heavy atom. The molecule has 9 heteroatoms. The molecule has 0 aliphatic heterocycles. The molecule has 2 aromatic rings. The number of hydrogen-bond donors (Lipinski definition) is 2. The molecular weight excluding hydrogens is 357 g/mol. The lowest BCUT2D eigenvalue weighted by Crippen LogP contribution is -2.05. The molecule has 5 nitrogen and oxygen atoms in total. The smallest absolute Gasteiger partial charge is 0.416 e. The van der Waals surface area contributed by atoms with E-state index in [1.54, 1.807) is 0 Å². The topological polar surface area (TPSA) is 75.4 Å². The van der Waals surface area contributed by atoms with E-state index in [2.05, 4.69) is 21.0 Å². The Morgan fingerprint density at radius 3 is 2.38 bits per heavy atom. The molecule has 2 rings (SSSR count). The highest BCUT2D eigenvalue weighted by Gasteiger charge is 2.32. The van der Waals surface area contributed by atoms with Gasteiger partial charge in [0.15, 0.2) is 5.69 Å². The number of carboxylic acid groups (broad SMARTS) is 1. The first-order valence-corrected chi connectivity index (χ1v) is 6.28. The van der Waals surface area contributed by atoms with E-state index in [0.29, 0.717) is 6.07 Å². The van der Waals surface area contributed by atoms with Gasteiger partial charge < -0.3 is 10.2 Å². The molecule has 0 aliphatic rings. The second-order valence-electron chi connectivity index (χ2n) is 4.19. The van der Waals surface area contributed by atoms with Crippen LogP contribution in [0.15, 0.2) is 22.7 Å². The van der Waals surface area contributed by atoms with Crippen LogP contribution in [-0.2, 0) is 13.2 Å². The molecular formula is C12H8BrF3N2O3. The monoisotopic (exact) mass is 364 g/mol. The SMILES string of the molecule is Cn1nc(C(=O)O)cc1-c1c(O)cc(C(F)(F)F)cc1Br. The van der Waals surface area contributed by atoms with Crippen molar-refractivity contribution in [1.82, 2.24) is 9.78 Å². The highest BCUT2D eigenvalue weighted by molar-refractivity contribution is 9.10. The highest BCUT2D eigenvalue weighted by atomic mass is 79.9. The lowest BCUT2D eigenvalue weighted by Gasteiger charge is -2.12. The maximum absolute atomic E-state index is 12.6. The maximum atomic E-state index is 12.6. The fourth-order valence-corrected chi connectivity index (χ4v) is 2.47. The first-order chi connectivity index (χ1) is 9.61. The Balaban J connectivity index is 2.63. The van der Waals surface area contributed by atoms with Gasteiger partial charge in [-0.25, -0.2) is 4.79 Å². The summed E-state index contributed by atoms with van der Waals surface area (Å²) in [6.45, 7) is 0. The Morgan fingerprint density at radius 2 is 1.95 bits per heavy atom. The minimum Gasteiger partial charge on any atom is -0.507 e. The summed E-state index contributed by atoms with van der Waals surface area (Å²) in [5, 5.41) is 22.4. The van der Waals surface area contributed by atoms with Crippen molar-refractivity contribution in [2.75, 3.05) is 0 Å². The number of phenolic OH excluding ortho intramolecular Hbond substituents is 1. The van der Waals surface area contributed by atoms with Crippen LogP contribution in [0.25, 0.3) is 11.3 Å². The molecule has 0 atom stereocenters. The molecule has 0 saturated heterocycles. The molecule has 0 amide bonds. The number of rotatable bonds is 2. The van der Waals surface area contributed by atoms with E-state index in [1.165, 1.54) is 7.05 Å². The molecule has 0 radical (unpaired) electrons. The van der Waals surface area contributed by atoms with E-state index in [9.17, 15) is 23.1 Å². The van der Waals surface area contributed by atoms with Gasteiger partial charge >= 0.3 is 12.1 Å². The number of aromatic hydroxyl groups is 1. The van der Waals surface area contributed by atoms with E-state index < -0.39 is 23.5 Å². The standard InChI is InChI=1S/C12H8BrF3N2O3/c1-18-8(4-7(17-18)11(20)21)10-6(13)2-5(3-9(10)19)12(14,15)16/h2-4,19H,1H3,(H,20,21). The van der Waals surface area contributed by atoms with Crippen molar-refractivity contribution >= 4 is 21.9 Å². The number of aryl methyl sites for hydroxylation is 1. The van der Waals surface area contributed by atoms with Crippen molar-refractivity contribution in [2.45, 2.75) is 6.18 Å². The minimum atomic E-state index is -4.60. The van der Waals surface area contributed by atoms with Crippen LogP contribution in [0.3, 0.4) is 0 Å². The number of benzene rings is 1. The Kier molecular flexibility index (Phi) is 3.70. The molecule has 112 valence electrons. The number of alkyl halides is 3. The number of halogens is 4. The normalized spacial score (nSPS) is 11.7. The van der Waals surface area contributed by atoms with Gasteiger partial charge in [-0.2, -0.15) is 18.3 Å². The lowest BCUT2D eigenvalue weighted by atomic mass is 10.1. The van der Waals surface area contributed by atoms with Gasteiger partial charge in [0.2, 0.25) is 0 Å². The zero-order chi connectivity index (χ0) is 15.9. The summed E-state index contributed by atoms with van der Waals surface area (Å²) in [4.78, 5) is 10.9. The lowest BCUT2D eigenvalue weighted by molar-refractivity contribution is -0.137. The molecule has 1 aromatic carbocycles. The number of aromatic nitrogens is 2. The third kappa shape index (κ3) is 2.87. The van der Waals surface area contributed by atoms with Crippen molar-refractivity contribution < 1.29 is 28.2 Å². The molecule has 0 aliphatic carbocycles. The summed E-state index contributed by atoms with van der Waals surface area (Å²) in [7, 11) is 1.42. The van der Waals surface area contributed by atoms with Crippen molar-refractivity contribution in [3.05, 3.63) is 33.9 Å². The molecule has 0 spiro atoms. The van der Waals surface area contributed by atoms with E-state index in [-0.39, 0.29) is 21.4 Å². The number of aromatic carboxylic acids is 1. The van der Waals surface area contributed by atoms with Crippen LogP contribution in [-0.4, -0.2) is 26.0 Å². The molecule has 0 bridgehead atoms. The Labute approximate surface area is 124 Å². The second-order valence-corrected chi connectivity index (χ2v) is 5.05. The minimum absolute atomic E-state index is 0.0187. The van der Waals surface area contributed by atoms with Gasteiger partial charge in [-0.1, -0.05) is 0 Å². The number of nitrogens with zero attached hydrogens (tertiary/aromatic N) is 2. The van der Waals surface area contributed by atoms with Crippen LogP contribution in [0.4, 0.5) is 13.2 Å². The first kappa shape index (κ1) is 15.4. The highest BCUT2D eigenvalue weighted by Crippen LogP contribution is 2.41. The fourth-order valence-electron chi connectivity index (χ4n) is 1.82. The first-order valence-electron chi connectivity index (χ1n) is 5.48. The van der Waals surface area contributed by atoms with Crippen LogP contribution in [0.1, 0.15) is 16.1 Å². The molecule has 0 fully saturated rings. The zero-order valence-corrected chi connectivity index (χ0v) is 12.0. The average Bonchev–Trinajstić information content (AvgIpc) is 2.69. The van der Waals surface area contributed by atoms with Crippen molar-refractivity contribution in [3.63, 3.8) is 0 Å². The third-order valence-electron chi connectivity index (χ3n) is 2.75. The van der Waals surface area contributed by atoms with E-state index >= 15 is 0 Å². The van der Waals surface area contributed by atoms with Crippen molar-refractivity contribution in [2.24, 2.45) is 7.05 Å². The Hall–Kier alpha value is -2.03. The van der Waals surface area contributed by atoms with E-state index in [4.69, 9.17) is 5.11 Å². The van der Waals surface area contributed by atoms with Gasteiger partial charge in [0.05, 0.1) is 16.8 Å². The second kappa shape index (κ2) is 5.06. The summed E-state index contributed by atoms with van der Waals surface area (Å²) in [6.07, 6.45) is -4.60. The molecule has 21 heavy (non-hydrogen) atoms. The molecule has 1 aromatic heterocycles. The maximum Gasteiger partial charge on any atom is 0.416 e. The van der Waals surface area contributed by atoms with Gasteiger partial charge in [-0.05, 0) is 34.1 Å². The molecule has 2 N–H and O–H groups in total. The summed E-state index contributed by atoms with van der Waals surface area (Å²) in [6, 6.07) is 2.55. The number of hydrogen-bond acceptors (Lipinski definition) is 3. The van der Waals surface area contributed by atoms with Gasteiger partial charge in [0.25, 0.3) is 0 Å². The van der Waals surface area contributed by atoms with Crippen LogP contribution in [0.2, 0.25) is 0 Å². The molecule has 0 saturated carbocycles. The predicted molar refractivity (Wildman–Crippen MR) is 70.0 cm³/mol. The summed E-state index contributed by atoms with van der Waals surface area (Å²) < 4.78 is 39.1. The number of carboxylic acids is 1. The van der Waals surface area contributed by atoms with Gasteiger partial charge in [-0.15, -0.1) is 0 Å². The number of phenols is 1. The largest absolute Gasteiger partial charge is 0.507 e. The van der Waals surface area contributed by atoms with Gasteiger partial charge in [0, 0.05) is 11.5 Å². The quantitative estimate of drug-likeness (QED) is 0.857. The molecule has 1 heterocycles. The summed E-state index contributed by atoms with van der Waals surface area (Å²) in [5.41, 5.74) is -1.09. The van der Waals surface area contributed by atoms with Gasteiger partial charge in [0.1, 0.15) is 5.75 Å². The van der Waals surface area contributed by atoms with Crippen molar-refractivity contribution in [1.29, 1.82) is 0 Å². The fraction of sp³-hybridized carbons (Fsp3) is 0.167. The zero-order valence-electron chi connectivity index (χ0n) is 10.4. The van der Waals surface area contributed by atoms with Crippen LogP contribution in [0, 0.1) is 0 Å². The van der Waals surface area contributed by atoms with Crippen molar-refractivity contribution in [3.8, 4) is 17.0 Å². The average molecular weight is 365 g/mol. The summed E-state index contributed by atoms with van der Waals surface area (Å²) >= 11 is 2.96. The van der Waals surface area contributed by atoms with Crippen LogP contribution < -0.4 is 0 Å². The number of carbonyl (C=O) groups is 1. The van der Waals surface area contributed by atoms with Gasteiger partial charge in [-0.3, -0.25) is 4.68 Å². The van der Waals surface area contributed by atoms with Crippen LogP contribution in [0.5, 0.6) is 5.75 Å².